The van der Waals surface area contributed by atoms with E-state index in [1.165, 1.54) is 0 Å². The first-order chi connectivity index (χ1) is 6.57. The Morgan fingerprint density at radius 2 is 1.93 bits per heavy atom. The Labute approximate surface area is 98.5 Å². The van der Waals surface area contributed by atoms with E-state index in [2.05, 4.69) is 5.16 Å². The zero-order valence-electron chi connectivity index (χ0n) is 7.55. The second-order valence-corrected chi connectivity index (χ2v) is 2.72. The fourth-order valence-electron chi connectivity index (χ4n) is 0.910. The van der Waals surface area contributed by atoms with Crippen molar-refractivity contribution in [3.8, 4) is 0 Å². The van der Waals surface area contributed by atoms with E-state index in [-0.39, 0.29) is 37.5 Å². The number of oxime groups is 1. The molecular weight excluding hydrogens is 199 g/mol. The Bertz CT molecular complexity index is 244. The van der Waals surface area contributed by atoms with E-state index in [9.17, 15) is 14.9 Å². The van der Waals surface area contributed by atoms with Gasteiger partial charge in [0.05, 0.1) is 0 Å². The van der Waals surface area contributed by atoms with Gasteiger partial charge in [0.25, 0.3) is 0 Å². The number of rotatable bonds is 7. The third kappa shape index (κ3) is 9.25. The summed E-state index contributed by atoms with van der Waals surface area (Å²) < 4.78 is 0. The third-order valence-electron chi connectivity index (χ3n) is 1.62. The van der Waals surface area contributed by atoms with Crippen LogP contribution in [-0.2, 0) is 4.79 Å². The zero-order chi connectivity index (χ0) is 11.0. The third-order valence-corrected chi connectivity index (χ3v) is 1.62. The SMILES string of the molecule is O=C(O)C(CCCCC[N+](=O)[O-])=NO.[LiH]. The van der Waals surface area contributed by atoms with Gasteiger partial charge < -0.3 is 10.3 Å². The van der Waals surface area contributed by atoms with Crippen LogP contribution in [0.2, 0.25) is 0 Å². The molecule has 0 unspecified atom stereocenters. The molecule has 0 fully saturated rings. The second-order valence-electron chi connectivity index (χ2n) is 2.72. The summed E-state index contributed by atoms with van der Waals surface area (Å²) in [6.45, 7) is -0.112. The molecule has 0 aromatic heterocycles. The Morgan fingerprint density at radius 1 is 1.33 bits per heavy atom. The Hall–Kier alpha value is -1.06. The summed E-state index contributed by atoms with van der Waals surface area (Å²) in [7, 11) is 0. The molecule has 15 heavy (non-hydrogen) atoms. The van der Waals surface area contributed by atoms with Crippen molar-refractivity contribution in [2.45, 2.75) is 25.7 Å². The minimum atomic E-state index is -1.26. The Kier molecular flexibility index (Phi) is 10.4. The van der Waals surface area contributed by atoms with Gasteiger partial charge in [0.2, 0.25) is 6.54 Å². The van der Waals surface area contributed by atoms with Gasteiger partial charge in [-0.3, -0.25) is 10.1 Å². The summed E-state index contributed by atoms with van der Waals surface area (Å²) in [5.74, 6) is -1.26. The number of aliphatic carboxylic acids is 1. The summed E-state index contributed by atoms with van der Waals surface area (Å²) in [5, 5.41) is 29.2. The van der Waals surface area contributed by atoms with Crippen molar-refractivity contribution >= 4 is 30.5 Å². The van der Waals surface area contributed by atoms with Crippen LogP contribution in [-0.4, -0.2) is 52.3 Å². The maximum absolute atomic E-state index is 10.3. The van der Waals surface area contributed by atoms with Crippen LogP contribution in [0.1, 0.15) is 25.7 Å². The summed E-state index contributed by atoms with van der Waals surface area (Å²) in [5.41, 5.74) is -0.314. The average Bonchev–Trinajstić information content (AvgIpc) is 2.10. The molecule has 0 bridgehead atoms. The van der Waals surface area contributed by atoms with E-state index in [1.54, 1.807) is 0 Å². The summed E-state index contributed by atoms with van der Waals surface area (Å²) in [4.78, 5) is 19.8. The van der Waals surface area contributed by atoms with Gasteiger partial charge in [-0.1, -0.05) is 5.16 Å². The standard InChI is InChI=1S/C7H12N2O5.Li.H/c10-7(11)6(8-12)4-2-1-3-5-9(13)14;;/h12H,1-5H2,(H,10,11);;. The number of nitro groups is 1. The van der Waals surface area contributed by atoms with Gasteiger partial charge in [-0.2, -0.15) is 0 Å². The summed E-state index contributed by atoms with van der Waals surface area (Å²) >= 11 is 0. The molecule has 0 saturated heterocycles. The quantitative estimate of drug-likeness (QED) is 0.155. The molecule has 0 radical (unpaired) electrons. The molecule has 8 heteroatoms. The normalized spacial score (nSPS) is 10.5. The first-order valence-corrected chi connectivity index (χ1v) is 4.14. The predicted molar refractivity (Wildman–Crippen MR) is 54.3 cm³/mol. The van der Waals surface area contributed by atoms with Crippen LogP contribution in [0.25, 0.3) is 0 Å². The van der Waals surface area contributed by atoms with E-state index >= 15 is 0 Å². The Balaban J connectivity index is 0. The van der Waals surface area contributed by atoms with Crippen molar-refractivity contribution in [1.82, 2.24) is 0 Å². The number of nitrogens with zero attached hydrogens (tertiary/aromatic N) is 2. The molecule has 2 N–H and O–H groups in total. The van der Waals surface area contributed by atoms with Crippen LogP contribution >= 0.6 is 0 Å². The van der Waals surface area contributed by atoms with Gasteiger partial charge in [-0.25, -0.2) is 4.79 Å². The van der Waals surface area contributed by atoms with E-state index < -0.39 is 10.9 Å². The van der Waals surface area contributed by atoms with Crippen LogP contribution in [0, 0.1) is 10.1 Å². The second kappa shape index (κ2) is 9.49. The van der Waals surface area contributed by atoms with Crippen molar-refractivity contribution in [3.63, 3.8) is 0 Å². The van der Waals surface area contributed by atoms with Crippen LogP contribution in [0.5, 0.6) is 0 Å². The van der Waals surface area contributed by atoms with E-state index in [4.69, 9.17) is 10.3 Å². The van der Waals surface area contributed by atoms with Gasteiger partial charge in [0.1, 0.15) is 0 Å². The number of hydrogen-bond donors (Lipinski definition) is 2. The summed E-state index contributed by atoms with van der Waals surface area (Å²) in [6.07, 6.45) is 1.56. The monoisotopic (exact) mass is 212 g/mol. The molecule has 0 saturated carbocycles. The van der Waals surface area contributed by atoms with Crippen LogP contribution in [0.3, 0.4) is 0 Å². The van der Waals surface area contributed by atoms with E-state index in [0.29, 0.717) is 19.3 Å². The van der Waals surface area contributed by atoms with E-state index in [0.717, 1.165) is 0 Å². The molecule has 0 heterocycles. The molecular formula is C7H13LiN2O5. The molecule has 0 rings (SSSR count). The molecule has 0 aliphatic carbocycles. The molecule has 82 valence electrons. The number of carboxylic acids is 1. The number of carboxylic acid groups (broad SMARTS) is 1. The first kappa shape index (κ1) is 16.4. The maximum atomic E-state index is 10.3. The van der Waals surface area contributed by atoms with E-state index in [1.807, 2.05) is 0 Å². The van der Waals surface area contributed by atoms with Crippen molar-refractivity contribution in [2.75, 3.05) is 6.54 Å². The molecule has 7 nitrogen and oxygen atoms in total. The van der Waals surface area contributed by atoms with Gasteiger partial charge in [-0.15, -0.1) is 0 Å². The van der Waals surface area contributed by atoms with Crippen LogP contribution < -0.4 is 0 Å². The Morgan fingerprint density at radius 3 is 2.33 bits per heavy atom. The molecule has 0 aliphatic rings. The van der Waals surface area contributed by atoms with Gasteiger partial charge in [0, 0.05) is 17.8 Å². The topological polar surface area (TPSA) is 113 Å². The number of hydrogen-bond acceptors (Lipinski definition) is 5. The molecule has 0 atom stereocenters. The fraction of sp³-hybridized carbons (Fsp3) is 0.714. The number of unbranched alkanes of at least 4 members (excludes halogenated alkanes) is 2. The van der Waals surface area contributed by atoms with Gasteiger partial charge >= 0.3 is 24.8 Å². The minimum absolute atomic E-state index is 0. The summed E-state index contributed by atoms with van der Waals surface area (Å²) in [6, 6.07) is 0. The first-order valence-electron chi connectivity index (χ1n) is 4.14. The molecule has 0 aromatic rings. The van der Waals surface area contributed by atoms with Crippen molar-refractivity contribution in [1.29, 1.82) is 0 Å². The van der Waals surface area contributed by atoms with Crippen LogP contribution in [0.15, 0.2) is 5.16 Å². The molecule has 0 spiro atoms. The van der Waals surface area contributed by atoms with Crippen molar-refractivity contribution < 1.29 is 20.0 Å². The predicted octanol–water partition coefficient (Wildman–Crippen LogP) is 0.0898. The zero-order valence-corrected chi connectivity index (χ0v) is 7.55. The molecule has 0 aliphatic heterocycles. The van der Waals surface area contributed by atoms with Gasteiger partial charge in [-0.05, 0) is 12.8 Å². The average molecular weight is 212 g/mol. The number of carbonyl (C=O) groups is 1. The van der Waals surface area contributed by atoms with Gasteiger partial charge in [0.15, 0.2) is 5.71 Å². The molecule has 0 amide bonds. The van der Waals surface area contributed by atoms with Crippen molar-refractivity contribution in [3.05, 3.63) is 10.1 Å². The fourth-order valence-corrected chi connectivity index (χ4v) is 0.910. The van der Waals surface area contributed by atoms with Crippen LogP contribution in [0.4, 0.5) is 0 Å². The molecule has 0 aromatic carbocycles. The van der Waals surface area contributed by atoms with Crippen molar-refractivity contribution in [2.24, 2.45) is 5.16 Å².